The van der Waals surface area contributed by atoms with Crippen LogP contribution in [0.4, 0.5) is 0 Å². The molecule has 0 spiro atoms. The molecule has 1 heterocycles. The number of rotatable bonds is 4. The van der Waals surface area contributed by atoms with Crippen LogP contribution in [0.1, 0.15) is 22.0 Å². The lowest BCUT2D eigenvalue weighted by Gasteiger charge is -2.16. The maximum atomic E-state index is 6.11. The molecule has 0 saturated heterocycles. The Morgan fingerprint density at radius 2 is 2.11 bits per heavy atom. The highest BCUT2D eigenvalue weighted by molar-refractivity contribution is 9.11. The Labute approximate surface area is 130 Å². The van der Waals surface area contributed by atoms with Gasteiger partial charge in [-0.3, -0.25) is 0 Å². The number of halogens is 2. The summed E-state index contributed by atoms with van der Waals surface area (Å²) in [6.45, 7) is 2.04. The van der Waals surface area contributed by atoms with E-state index < -0.39 is 0 Å². The fraction of sp³-hybridized carbons (Fsp3) is 0.286. The Balaban J connectivity index is 2.41. The summed E-state index contributed by atoms with van der Waals surface area (Å²) in [5.41, 5.74) is 2.29. The molecule has 5 heteroatoms. The van der Waals surface area contributed by atoms with Crippen LogP contribution < -0.4 is 10.1 Å². The van der Waals surface area contributed by atoms with Gasteiger partial charge in [-0.15, -0.1) is 11.3 Å². The van der Waals surface area contributed by atoms with Crippen molar-refractivity contribution in [3.63, 3.8) is 0 Å². The molecule has 0 aliphatic rings. The van der Waals surface area contributed by atoms with Gasteiger partial charge in [0.05, 0.1) is 22.0 Å². The van der Waals surface area contributed by atoms with E-state index in [0.717, 1.165) is 25.7 Å². The zero-order chi connectivity index (χ0) is 14.0. The van der Waals surface area contributed by atoms with Crippen LogP contribution in [0.2, 0.25) is 5.02 Å². The lowest BCUT2D eigenvalue weighted by molar-refractivity contribution is 0.410. The molecule has 0 aliphatic heterocycles. The van der Waals surface area contributed by atoms with E-state index in [-0.39, 0.29) is 6.04 Å². The third-order valence-corrected chi connectivity index (χ3v) is 5.54. The lowest BCUT2D eigenvalue weighted by Crippen LogP contribution is -2.16. The van der Waals surface area contributed by atoms with Crippen molar-refractivity contribution in [1.82, 2.24) is 5.32 Å². The summed E-state index contributed by atoms with van der Waals surface area (Å²) >= 11 is 11.2. The molecule has 1 N–H and O–H groups in total. The van der Waals surface area contributed by atoms with Gasteiger partial charge in [0.2, 0.25) is 0 Å². The van der Waals surface area contributed by atoms with Gasteiger partial charge in [0.1, 0.15) is 5.75 Å². The highest BCUT2D eigenvalue weighted by Crippen LogP contribution is 2.38. The second kappa shape index (κ2) is 6.27. The Morgan fingerprint density at radius 3 is 2.63 bits per heavy atom. The molecular formula is C14H15BrClNOS. The van der Waals surface area contributed by atoms with E-state index in [1.807, 2.05) is 20.0 Å². The summed E-state index contributed by atoms with van der Waals surface area (Å²) in [5, 5.41) is 4.07. The Kier molecular flexibility index (Phi) is 4.90. The number of benzene rings is 1. The first-order valence-electron chi connectivity index (χ1n) is 5.83. The molecule has 2 nitrogen and oxygen atoms in total. The summed E-state index contributed by atoms with van der Waals surface area (Å²) in [6, 6.07) is 8.36. The zero-order valence-corrected chi connectivity index (χ0v) is 14.1. The number of hydrogen-bond acceptors (Lipinski definition) is 3. The number of hydrogen-bond donors (Lipinski definition) is 1. The summed E-state index contributed by atoms with van der Waals surface area (Å²) in [7, 11) is 3.64. The summed E-state index contributed by atoms with van der Waals surface area (Å²) in [6.07, 6.45) is 0. The van der Waals surface area contributed by atoms with Crippen molar-refractivity contribution in [2.75, 3.05) is 14.2 Å². The predicted octanol–water partition coefficient (Wildman–Crippen LogP) is 4.79. The smallest absolute Gasteiger partial charge is 0.122 e. The molecule has 19 heavy (non-hydrogen) atoms. The molecule has 1 aromatic heterocycles. The van der Waals surface area contributed by atoms with Gasteiger partial charge in [-0.25, -0.2) is 0 Å². The molecule has 1 atom stereocenters. The minimum absolute atomic E-state index is 0.114. The van der Waals surface area contributed by atoms with Crippen molar-refractivity contribution in [3.8, 4) is 5.75 Å². The molecule has 0 aliphatic carbocycles. The third kappa shape index (κ3) is 3.14. The topological polar surface area (TPSA) is 21.3 Å². The lowest BCUT2D eigenvalue weighted by atomic mass is 10.0. The van der Waals surface area contributed by atoms with Gasteiger partial charge in [0.15, 0.2) is 0 Å². The van der Waals surface area contributed by atoms with E-state index in [9.17, 15) is 0 Å². The zero-order valence-electron chi connectivity index (χ0n) is 11.0. The fourth-order valence-corrected chi connectivity index (χ4v) is 3.88. The van der Waals surface area contributed by atoms with E-state index >= 15 is 0 Å². The van der Waals surface area contributed by atoms with E-state index in [4.69, 9.17) is 16.3 Å². The van der Waals surface area contributed by atoms with Gasteiger partial charge >= 0.3 is 0 Å². The number of aryl methyl sites for hydroxylation is 1. The van der Waals surface area contributed by atoms with Crippen LogP contribution in [-0.2, 0) is 0 Å². The Hall–Kier alpha value is -0.550. The summed E-state index contributed by atoms with van der Waals surface area (Å²) in [4.78, 5) is 1.17. The van der Waals surface area contributed by atoms with Gasteiger partial charge in [-0.2, -0.15) is 0 Å². The van der Waals surface area contributed by atoms with Crippen molar-refractivity contribution in [2.24, 2.45) is 0 Å². The maximum absolute atomic E-state index is 6.11. The molecule has 0 bridgehead atoms. The van der Waals surface area contributed by atoms with Gasteiger partial charge < -0.3 is 10.1 Å². The molecule has 2 aromatic rings. The second-order valence-corrected chi connectivity index (χ2v) is 7.03. The minimum atomic E-state index is 0.114. The molecule has 0 fully saturated rings. The Morgan fingerprint density at radius 1 is 1.37 bits per heavy atom. The van der Waals surface area contributed by atoms with Crippen LogP contribution in [0.5, 0.6) is 5.75 Å². The van der Waals surface area contributed by atoms with E-state index in [1.54, 1.807) is 18.4 Å². The molecule has 0 saturated carbocycles. The highest BCUT2D eigenvalue weighted by atomic mass is 79.9. The highest BCUT2D eigenvalue weighted by Gasteiger charge is 2.17. The van der Waals surface area contributed by atoms with E-state index in [2.05, 4.69) is 39.4 Å². The van der Waals surface area contributed by atoms with Crippen LogP contribution in [-0.4, -0.2) is 14.2 Å². The van der Waals surface area contributed by atoms with Crippen LogP contribution in [0.3, 0.4) is 0 Å². The number of methoxy groups -OCH3 is 1. The Bertz CT molecular complexity index is 565. The van der Waals surface area contributed by atoms with E-state index in [1.165, 1.54) is 4.88 Å². The molecular weight excluding hydrogens is 346 g/mol. The maximum Gasteiger partial charge on any atom is 0.122 e. The van der Waals surface area contributed by atoms with Crippen molar-refractivity contribution in [3.05, 3.63) is 49.1 Å². The number of thiophene rings is 1. The normalized spacial score (nSPS) is 12.5. The minimum Gasteiger partial charge on any atom is -0.496 e. The molecule has 102 valence electrons. The van der Waals surface area contributed by atoms with Gasteiger partial charge in [-0.05, 0) is 53.2 Å². The van der Waals surface area contributed by atoms with Crippen molar-refractivity contribution in [2.45, 2.75) is 13.0 Å². The first-order valence-corrected chi connectivity index (χ1v) is 7.82. The summed E-state index contributed by atoms with van der Waals surface area (Å²) < 4.78 is 6.35. The SMILES string of the molecule is CNC(c1ccc(C)c(OC)c1)c1cc(Cl)c(Br)s1. The van der Waals surface area contributed by atoms with Gasteiger partial charge in [0, 0.05) is 4.88 Å². The standard InChI is InChI=1S/C14H15BrClNOS/c1-8-4-5-9(6-11(8)18-3)13(17-2)12-7-10(16)14(15)19-12/h4-7,13,17H,1-3H3. The fourth-order valence-electron chi connectivity index (χ4n) is 1.99. The first kappa shape index (κ1) is 14.9. The van der Waals surface area contributed by atoms with Crippen LogP contribution in [0, 0.1) is 6.92 Å². The number of nitrogens with one attached hydrogen (secondary N) is 1. The monoisotopic (exact) mass is 359 g/mol. The second-order valence-electron chi connectivity index (χ2n) is 4.22. The summed E-state index contributed by atoms with van der Waals surface area (Å²) in [5.74, 6) is 0.902. The van der Waals surface area contributed by atoms with Crippen molar-refractivity contribution >= 4 is 38.9 Å². The quantitative estimate of drug-likeness (QED) is 0.846. The van der Waals surface area contributed by atoms with Gasteiger partial charge in [0.25, 0.3) is 0 Å². The van der Waals surface area contributed by atoms with Crippen molar-refractivity contribution < 1.29 is 4.74 Å². The molecule has 1 aromatic carbocycles. The van der Waals surface area contributed by atoms with Crippen molar-refractivity contribution in [1.29, 1.82) is 0 Å². The molecule has 0 amide bonds. The van der Waals surface area contributed by atoms with Crippen LogP contribution >= 0.6 is 38.9 Å². The molecule has 1 unspecified atom stereocenters. The van der Waals surface area contributed by atoms with E-state index in [0.29, 0.717) is 0 Å². The van der Waals surface area contributed by atoms with Crippen LogP contribution in [0.25, 0.3) is 0 Å². The average Bonchev–Trinajstić information content (AvgIpc) is 2.72. The van der Waals surface area contributed by atoms with Gasteiger partial charge in [-0.1, -0.05) is 23.7 Å². The predicted molar refractivity (Wildman–Crippen MR) is 85.7 cm³/mol. The first-order chi connectivity index (χ1) is 9.06. The average molecular weight is 361 g/mol. The molecule has 0 radical (unpaired) electrons. The molecule has 2 rings (SSSR count). The third-order valence-electron chi connectivity index (χ3n) is 3.00. The largest absolute Gasteiger partial charge is 0.496 e. The van der Waals surface area contributed by atoms with Crippen LogP contribution in [0.15, 0.2) is 28.1 Å². The number of ether oxygens (including phenoxy) is 1.